The third kappa shape index (κ3) is 4.49. The lowest BCUT2D eigenvalue weighted by Gasteiger charge is -2.34. The van der Waals surface area contributed by atoms with Gasteiger partial charge in [0.25, 0.3) is 0 Å². The Morgan fingerprint density at radius 1 is 1.44 bits per heavy atom. The van der Waals surface area contributed by atoms with Crippen LogP contribution in [-0.2, 0) is 9.53 Å². The van der Waals surface area contributed by atoms with Gasteiger partial charge in [-0.25, -0.2) is 0 Å². The van der Waals surface area contributed by atoms with Crippen LogP contribution >= 0.6 is 0 Å². The molecule has 1 heterocycles. The molecule has 1 saturated heterocycles. The normalized spacial score (nSPS) is 21.4. The van der Waals surface area contributed by atoms with Crippen molar-refractivity contribution in [2.24, 2.45) is 0 Å². The van der Waals surface area contributed by atoms with Crippen molar-refractivity contribution in [2.75, 3.05) is 19.8 Å². The van der Waals surface area contributed by atoms with Crippen molar-refractivity contribution in [1.82, 2.24) is 10.6 Å². The minimum Gasteiger partial charge on any atom is -0.381 e. The Morgan fingerprint density at radius 2 is 2.06 bits per heavy atom. The summed E-state index contributed by atoms with van der Waals surface area (Å²) in [5, 5.41) is 6.29. The van der Waals surface area contributed by atoms with Gasteiger partial charge in [-0.15, -0.1) is 0 Å². The molecule has 0 radical (unpaired) electrons. The van der Waals surface area contributed by atoms with Crippen molar-refractivity contribution < 1.29 is 9.53 Å². The van der Waals surface area contributed by atoms with Gasteiger partial charge in [-0.1, -0.05) is 6.92 Å². The van der Waals surface area contributed by atoms with E-state index in [4.69, 9.17) is 4.74 Å². The molecule has 1 aliphatic heterocycles. The van der Waals surface area contributed by atoms with E-state index in [1.165, 1.54) is 0 Å². The maximum atomic E-state index is 11.7. The fourth-order valence-electron chi connectivity index (χ4n) is 1.74. The third-order valence-corrected chi connectivity index (χ3v) is 3.26. The topological polar surface area (TPSA) is 50.4 Å². The lowest BCUT2D eigenvalue weighted by atomic mass is 9.92. The summed E-state index contributed by atoms with van der Waals surface area (Å²) in [6.07, 6.45) is 2.85. The Balaban J connectivity index is 2.27. The number of carbonyl (C=O) groups is 1. The first-order chi connectivity index (χ1) is 7.56. The van der Waals surface area contributed by atoms with Crippen LogP contribution in [0.4, 0.5) is 0 Å². The first-order valence-corrected chi connectivity index (χ1v) is 6.18. The van der Waals surface area contributed by atoms with Crippen molar-refractivity contribution in [3.05, 3.63) is 0 Å². The van der Waals surface area contributed by atoms with E-state index in [1.54, 1.807) is 0 Å². The molecule has 0 bridgehead atoms. The monoisotopic (exact) mass is 228 g/mol. The molecule has 1 aliphatic rings. The summed E-state index contributed by atoms with van der Waals surface area (Å²) >= 11 is 0. The summed E-state index contributed by atoms with van der Waals surface area (Å²) in [6, 6.07) is 0.397. The molecule has 16 heavy (non-hydrogen) atoms. The SMILES string of the molecule is CCC(C)NCC(=O)NC1(C)CCOCC1. The van der Waals surface area contributed by atoms with E-state index in [9.17, 15) is 4.79 Å². The molecule has 1 unspecified atom stereocenters. The fourth-order valence-corrected chi connectivity index (χ4v) is 1.74. The largest absolute Gasteiger partial charge is 0.381 e. The highest BCUT2D eigenvalue weighted by atomic mass is 16.5. The zero-order valence-electron chi connectivity index (χ0n) is 10.6. The summed E-state index contributed by atoms with van der Waals surface area (Å²) < 4.78 is 5.30. The minimum absolute atomic E-state index is 0.0769. The average molecular weight is 228 g/mol. The van der Waals surface area contributed by atoms with Crippen LogP contribution in [0.1, 0.15) is 40.0 Å². The van der Waals surface area contributed by atoms with Crippen molar-refractivity contribution in [1.29, 1.82) is 0 Å². The molecule has 1 amide bonds. The predicted octanol–water partition coefficient (Wildman–Crippen LogP) is 1.06. The van der Waals surface area contributed by atoms with Crippen molar-refractivity contribution in [3.8, 4) is 0 Å². The molecule has 0 saturated carbocycles. The number of rotatable bonds is 5. The van der Waals surface area contributed by atoms with Gasteiger partial charge >= 0.3 is 0 Å². The molecular weight excluding hydrogens is 204 g/mol. The highest BCUT2D eigenvalue weighted by Crippen LogP contribution is 2.19. The first kappa shape index (κ1) is 13.5. The van der Waals surface area contributed by atoms with Crippen LogP contribution in [0.3, 0.4) is 0 Å². The molecule has 94 valence electrons. The van der Waals surface area contributed by atoms with Gasteiger partial charge in [0, 0.05) is 24.8 Å². The van der Waals surface area contributed by atoms with E-state index >= 15 is 0 Å². The molecule has 1 rings (SSSR count). The van der Waals surface area contributed by atoms with E-state index < -0.39 is 0 Å². The molecule has 0 spiro atoms. The lowest BCUT2D eigenvalue weighted by molar-refractivity contribution is -0.123. The third-order valence-electron chi connectivity index (χ3n) is 3.26. The Hall–Kier alpha value is -0.610. The molecule has 0 aromatic carbocycles. The van der Waals surface area contributed by atoms with E-state index in [1.807, 2.05) is 0 Å². The number of hydrogen-bond donors (Lipinski definition) is 2. The quantitative estimate of drug-likeness (QED) is 0.740. The minimum atomic E-state index is -0.0769. The zero-order chi connectivity index (χ0) is 12.0. The summed E-state index contributed by atoms with van der Waals surface area (Å²) in [5.74, 6) is 0.0877. The highest BCUT2D eigenvalue weighted by molar-refractivity contribution is 5.78. The maximum Gasteiger partial charge on any atom is 0.234 e. The molecule has 4 nitrogen and oxygen atoms in total. The van der Waals surface area contributed by atoms with Crippen LogP contribution < -0.4 is 10.6 Å². The van der Waals surface area contributed by atoms with Crippen LogP contribution in [0.15, 0.2) is 0 Å². The number of hydrogen-bond acceptors (Lipinski definition) is 3. The Bertz CT molecular complexity index is 225. The summed E-state index contributed by atoms with van der Waals surface area (Å²) in [5.41, 5.74) is -0.0769. The predicted molar refractivity (Wildman–Crippen MR) is 64.4 cm³/mol. The number of ether oxygens (including phenoxy) is 1. The lowest BCUT2D eigenvalue weighted by Crippen LogP contribution is -2.52. The van der Waals surface area contributed by atoms with Gasteiger partial charge in [-0.05, 0) is 33.1 Å². The van der Waals surface area contributed by atoms with Gasteiger partial charge in [0.05, 0.1) is 6.54 Å². The molecule has 1 atom stereocenters. The second kappa shape index (κ2) is 6.21. The molecule has 2 N–H and O–H groups in total. The van der Waals surface area contributed by atoms with E-state index in [0.29, 0.717) is 12.6 Å². The van der Waals surface area contributed by atoms with Crippen LogP contribution in [0.25, 0.3) is 0 Å². The van der Waals surface area contributed by atoms with Gasteiger partial charge in [0.2, 0.25) is 5.91 Å². The maximum absolute atomic E-state index is 11.7. The number of amides is 1. The van der Waals surface area contributed by atoms with Crippen LogP contribution in [0.5, 0.6) is 0 Å². The van der Waals surface area contributed by atoms with Crippen molar-refractivity contribution in [3.63, 3.8) is 0 Å². The van der Waals surface area contributed by atoms with Gasteiger partial charge in [0.15, 0.2) is 0 Å². The number of nitrogens with one attached hydrogen (secondary N) is 2. The van der Waals surface area contributed by atoms with E-state index in [-0.39, 0.29) is 11.4 Å². The Labute approximate surface area is 98.1 Å². The molecule has 4 heteroatoms. The van der Waals surface area contributed by atoms with Gasteiger partial charge in [-0.3, -0.25) is 4.79 Å². The molecule has 0 aromatic rings. The smallest absolute Gasteiger partial charge is 0.234 e. The number of carbonyl (C=O) groups excluding carboxylic acids is 1. The van der Waals surface area contributed by atoms with E-state index in [0.717, 1.165) is 32.5 Å². The Kier molecular flexibility index (Phi) is 5.22. The molecule has 0 aromatic heterocycles. The first-order valence-electron chi connectivity index (χ1n) is 6.18. The summed E-state index contributed by atoms with van der Waals surface area (Å²) in [6.45, 7) is 8.19. The second-order valence-electron chi connectivity index (χ2n) is 4.91. The summed E-state index contributed by atoms with van der Waals surface area (Å²) in [4.78, 5) is 11.7. The molecular formula is C12H24N2O2. The van der Waals surface area contributed by atoms with Gasteiger partial charge in [0.1, 0.15) is 0 Å². The second-order valence-corrected chi connectivity index (χ2v) is 4.91. The van der Waals surface area contributed by atoms with Crippen molar-refractivity contribution in [2.45, 2.75) is 51.6 Å². The highest BCUT2D eigenvalue weighted by Gasteiger charge is 2.28. The standard InChI is InChI=1S/C12H24N2O2/c1-4-10(2)13-9-11(15)14-12(3)5-7-16-8-6-12/h10,13H,4-9H2,1-3H3,(H,14,15). The average Bonchev–Trinajstić information content (AvgIpc) is 2.26. The molecule has 1 fully saturated rings. The fraction of sp³-hybridized carbons (Fsp3) is 0.917. The van der Waals surface area contributed by atoms with Gasteiger partial charge < -0.3 is 15.4 Å². The van der Waals surface area contributed by atoms with Crippen LogP contribution in [0, 0.1) is 0 Å². The van der Waals surface area contributed by atoms with E-state index in [2.05, 4.69) is 31.4 Å². The molecule has 0 aliphatic carbocycles. The van der Waals surface area contributed by atoms with Crippen molar-refractivity contribution >= 4 is 5.91 Å². The van der Waals surface area contributed by atoms with Crippen LogP contribution in [-0.4, -0.2) is 37.2 Å². The van der Waals surface area contributed by atoms with Gasteiger partial charge in [-0.2, -0.15) is 0 Å². The summed E-state index contributed by atoms with van der Waals surface area (Å²) in [7, 11) is 0. The Morgan fingerprint density at radius 3 is 2.62 bits per heavy atom. The van der Waals surface area contributed by atoms with Crippen LogP contribution in [0.2, 0.25) is 0 Å². The zero-order valence-corrected chi connectivity index (χ0v) is 10.6.